The van der Waals surface area contributed by atoms with Crippen LogP contribution in [0.2, 0.25) is 0 Å². The van der Waals surface area contributed by atoms with Crippen LogP contribution >= 0.6 is 0 Å². The van der Waals surface area contributed by atoms with Gasteiger partial charge in [-0.2, -0.15) is 0 Å². The van der Waals surface area contributed by atoms with Gasteiger partial charge in [0.15, 0.2) is 0 Å². The van der Waals surface area contributed by atoms with Crippen LogP contribution in [0.1, 0.15) is 19.3 Å². The lowest BCUT2D eigenvalue weighted by molar-refractivity contribution is -0.121. The molecule has 0 saturated heterocycles. The van der Waals surface area contributed by atoms with Gasteiger partial charge in [0.2, 0.25) is 5.91 Å². The Morgan fingerprint density at radius 3 is 3.00 bits per heavy atom. The van der Waals surface area contributed by atoms with Crippen molar-refractivity contribution in [3.05, 3.63) is 18.7 Å². The standard InChI is InChI=1S/C10H17N3O2/c14-8-1-3-10(15)12-4-2-6-13-7-5-11-9-13/h5,7,9,14H,1-4,6,8H2,(H,12,15). The second kappa shape index (κ2) is 7.00. The number of hydrogen-bond acceptors (Lipinski definition) is 3. The molecule has 0 fully saturated rings. The Bertz CT molecular complexity index is 272. The number of nitrogens with one attached hydrogen (secondary N) is 1. The Labute approximate surface area is 89.1 Å². The number of aromatic nitrogens is 2. The van der Waals surface area contributed by atoms with Crippen LogP contribution in [0.4, 0.5) is 0 Å². The molecule has 1 heterocycles. The van der Waals surface area contributed by atoms with Crippen molar-refractivity contribution in [3.8, 4) is 0 Å². The fourth-order valence-corrected chi connectivity index (χ4v) is 1.24. The van der Waals surface area contributed by atoms with Gasteiger partial charge < -0.3 is 15.0 Å². The third kappa shape index (κ3) is 5.17. The monoisotopic (exact) mass is 211 g/mol. The number of carbonyl (C=O) groups is 1. The Hall–Kier alpha value is -1.36. The highest BCUT2D eigenvalue weighted by Crippen LogP contribution is 1.90. The maximum Gasteiger partial charge on any atom is 0.220 e. The van der Waals surface area contributed by atoms with E-state index >= 15 is 0 Å². The molecular weight excluding hydrogens is 194 g/mol. The first-order chi connectivity index (χ1) is 7.33. The minimum absolute atomic E-state index is 0.00896. The topological polar surface area (TPSA) is 67.2 Å². The molecular formula is C10H17N3O2. The zero-order valence-electron chi connectivity index (χ0n) is 8.72. The van der Waals surface area contributed by atoms with E-state index in [1.807, 2.05) is 10.8 Å². The number of amides is 1. The molecule has 1 rings (SSSR count). The summed E-state index contributed by atoms with van der Waals surface area (Å²) in [6.45, 7) is 1.60. The predicted octanol–water partition coefficient (Wildman–Crippen LogP) is 0.162. The van der Waals surface area contributed by atoms with Gasteiger partial charge in [0.05, 0.1) is 6.33 Å². The van der Waals surface area contributed by atoms with E-state index < -0.39 is 0 Å². The van der Waals surface area contributed by atoms with Crippen molar-refractivity contribution >= 4 is 5.91 Å². The number of aliphatic hydroxyl groups excluding tert-OH is 1. The Kier molecular flexibility index (Phi) is 5.47. The molecule has 0 spiro atoms. The van der Waals surface area contributed by atoms with Crippen molar-refractivity contribution in [1.82, 2.24) is 14.9 Å². The second-order valence-corrected chi connectivity index (χ2v) is 3.33. The average molecular weight is 211 g/mol. The van der Waals surface area contributed by atoms with Crippen molar-refractivity contribution in [2.24, 2.45) is 0 Å². The molecule has 0 saturated carbocycles. The number of aryl methyl sites for hydroxylation is 1. The molecule has 5 nitrogen and oxygen atoms in total. The average Bonchev–Trinajstić information content (AvgIpc) is 2.74. The lowest BCUT2D eigenvalue weighted by Crippen LogP contribution is -2.25. The third-order valence-corrected chi connectivity index (χ3v) is 2.04. The van der Waals surface area contributed by atoms with Gasteiger partial charge in [-0.15, -0.1) is 0 Å². The molecule has 0 bridgehead atoms. The summed E-state index contributed by atoms with van der Waals surface area (Å²) in [4.78, 5) is 15.0. The molecule has 0 aromatic carbocycles. The van der Waals surface area contributed by atoms with E-state index in [1.165, 1.54) is 0 Å². The van der Waals surface area contributed by atoms with E-state index in [0.717, 1.165) is 13.0 Å². The van der Waals surface area contributed by atoms with Gasteiger partial charge >= 0.3 is 0 Å². The first-order valence-corrected chi connectivity index (χ1v) is 5.16. The zero-order valence-corrected chi connectivity index (χ0v) is 8.72. The Morgan fingerprint density at radius 2 is 2.33 bits per heavy atom. The molecule has 0 unspecified atom stereocenters. The normalized spacial score (nSPS) is 10.2. The largest absolute Gasteiger partial charge is 0.396 e. The molecule has 84 valence electrons. The van der Waals surface area contributed by atoms with E-state index in [1.54, 1.807) is 12.5 Å². The Balaban J connectivity index is 1.99. The van der Waals surface area contributed by atoms with E-state index in [4.69, 9.17) is 5.11 Å². The summed E-state index contributed by atoms with van der Waals surface area (Å²) in [5.74, 6) is 0.00896. The van der Waals surface area contributed by atoms with Crippen molar-refractivity contribution in [1.29, 1.82) is 0 Å². The summed E-state index contributed by atoms with van der Waals surface area (Å²) in [7, 11) is 0. The van der Waals surface area contributed by atoms with Crippen LogP contribution in [0.5, 0.6) is 0 Å². The fraction of sp³-hybridized carbons (Fsp3) is 0.600. The minimum atomic E-state index is 0.00896. The maximum absolute atomic E-state index is 11.1. The molecule has 1 aromatic rings. The molecule has 2 N–H and O–H groups in total. The summed E-state index contributed by atoms with van der Waals surface area (Å²) in [5.41, 5.74) is 0. The molecule has 5 heteroatoms. The smallest absolute Gasteiger partial charge is 0.220 e. The molecule has 0 aliphatic carbocycles. The van der Waals surface area contributed by atoms with Crippen molar-refractivity contribution in [2.75, 3.05) is 13.2 Å². The number of imidazole rings is 1. The quantitative estimate of drug-likeness (QED) is 0.631. The van der Waals surface area contributed by atoms with E-state index in [9.17, 15) is 4.79 Å². The summed E-state index contributed by atoms with van der Waals surface area (Å²) < 4.78 is 1.97. The lowest BCUT2D eigenvalue weighted by atomic mass is 10.3. The molecule has 0 radical (unpaired) electrons. The van der Waals surface area contributed by atoms with Gasteiger partial charge in [0, 0.05) is 38.5 Å². The highest BCUT2D eigenvalue weighted by atomic mass is 16.3. The van der Waals surface area contributed by atoms with Crippen LogP contribution in [0.3, 0.4) is 0 Å². The van der Waals surface area contributed by atoms with Gasteiger partial charge in [-0.3, -0.25) is 4.79 Å². The number of aliphatic hydroxyl groups is 1. The van der Waals surface area contributed by atoms with Gasteiger partial charge in [-0.05, 0) is 12.8 Å². The van der Waals surface area contributed by atoms with Crippen molar-refractivity contribution < 1.29 is 9.90 Å². The van der Waals surface area contributed by atoms with E-state index in [0.29, 0.717) is 19.4 Å². The van der Waals surface area contributed by atoms with Crippen molar-refractivity contribution in [2.45, 2.75) is 25.8 Å². The number of rotatable bonds is 7. The summed E-state index contributed by atoms with van der Waals surface area (Å²) >= 11 is 0. The maximum atomic E-state index is 11.1. The molecule has 0 aliphatic rings. The first-order valence-electron chi connectivity index (χ1n) is 5.16. The zero-order chi connectivity index (χ0) is 10.9. The van der Waals surface area contributed by atoms with Crippen LogP contribution in [-0.4, -0.2) is 33.7 Å². The van der Waals surface area contributed by atoms with Crippen molar-refractivity contribution in [3.63, 3.8) is 0 Å². The summed E-state index contributed by atoms with van der Waals surface area (Å²) in [6.07, 6.45) is 7.22. The molecule has 15 heavy (non-hydrogen) atoms. The van der Waals surface area contributed by atoms with Crippen LogP contribution in [0, 0.1) is 0 Å². The number of hydrogen-bond donors (Lipinski definition) is 2. The predicted molar refractivity (Wildman–Crippen MR) is 56.2 cm³/mol. The van der Waals surface area contributed by atoms with Crippen LogP contribution in [0.25, 0.3) is 0 Å². The summed E-state index contributed by atoms with van der Waals surface area (Å²) in [6, 6.07) is 0. The Morgan fingerprint density at radius 1 is 1.47 bits per heavy atom. The van der Waals surface area contributed by atoms with Crippen LogP contribution in [0.15, 0.2) is 18.7 Å². The lowest BCUT2D eigenvalue weighted by Gasteiger charge is -2.04. The fourth-order valence-electron chi connectivity index (χ4n) is 1.24. The molecule has 1 amide bonds. The van der Waals surface area contributed by atoms with Crippen LogP contribution in [-0.2, 0) is 11.3 Å². The van der Waals surface area contributed by atoms with Gasteiger partial charge in [0.1, 0.15) is 0 Å². The first kappa shape index (κ1) is 11.7. The highest BCUT2D eigenvalue weighted by molar-refractivity contribution is 5.75. The number of carbonyl (C=O) groups excluding carboxylic acids is 1. The van der Waals surface area contributed by atoms with Gasteiger partial charge in [0.25, 0.3) is 0 Å². The van der Waals surface area contributed by atoms with E-state index in [2.05, 4.69) is 10.3 Å². The molecule has 0 aliphatic heterocycles. The highest BCUT2D eigenvalue weighted by Gasteiger charge is 1.98. The SMILES string of the molecule is O=C(CCCO)NCCCn1ccnc1. The summed E-state index contributed by atoms with van der Waals surface area (Å²) in [5, 5.41) is 11.3. The minimum Gasteiger partial charge on any atom is -0.396 e. The van der Waals surface area contributed by atoms with E-state index in [-0.39, 0.29) is 12.5 Å². The molecule has 0 atom stereocenters. The van der Waals surface area contributed by atoms with Crippen LogP contribution < -0.4 is 5.32 Å². The third-order valence-electron chi connectivity index (χ3n) is 2.04. The molecule has 1 aromatic heterocycles. The van der Waals surface area contributed by atoms with Gasteiger partial charge in [-0.1, -0.05) is 0 Å². The van der Waals surface area contributed by atoms with Gasteiger partial charge in [-0.25, -0.2) is 4.98 Å². The number of nitrogens with zero attached hydrogens (tertiary/aromatic N) is 2. The second-order valence-electron chi connectivity index (χ2n) is 3.33.